The minimum atomic E-state index is -0.271. The highest BCUT2D eigenvalue weighted by Crippen LogP contribution is 2.40. The van der Waals surface area contributed by atoms with Crippen LogP contribution in [0.3, 0.4) is 0 Å². The Kier molecular flexibility index (Phi) is 4.32. The van der Waals surface area contributed by atoms with E-state index in [1.807, 2.05) is 56.3 Å². The number of amides is 1. The fourth-order valence-electron chi connectivity index (χ4n) is 3.20. The third-order valence-corrected chi connectivity index (χ3v) is 4.57. The van der Waals surface area contributed by atoms with Gasteiger partial charge in [-0.3, -0.25) is 4.79 Å². The van der Waals surface area contributed by atoms with Gasteiger partial charge in [-0.1, -0.05) is 28.9 Å². The van der Waals surface area contributed by atoms with Gasteiger partial charge in [-0.25, -0.2) is 0 Å². The maximum absolute atomic E-state index is 13.1. The van der Waals surface area contributed by atoms with Crippen LogP contribution in [-0.2, 0) is 6.61 Å². The lowest BCUT2D eigenvalue weighted by Crippen LogP contribution is -2.28. The molecule has 0 fully saturated rings. The molecule has 0 saturated carbocycles. The number of nitrogens with zero attached hydrogens (tertiary/aromatic N) is 2. The Morgan fingerprint density at radius 2 is 2.07 bits per heavy atom. The number of ether oxygens (including phenoxy) is 2. The highest BCUT2D eigenvalue weighted by Gasteiger charge is 2.31. The van der Waals surface area contributed by atoms with Crippen LogP contribution >= 0.6 is 0 Å². The van der Waals surface area contributed by atoms with Crippen molar-refractivity contribution < 1.29 is 18.8 Å². The third kappa shape index (κ3) is 2.93. The normalized spacial score (nSPS) is 12.0. The molecule has 0 atom stereocenters. The standard InChI is InChI=1S/C21H20N2O4/c1-4-25-18-8-6-5-7-16(18)23(3)21(24)19-15-12-26-17-10-9-13(2)11-14(17)20(15)27-22-19/h5-11H,4,12H2,1-3H3. The quantitative estimate of drug-likeness (QED) is 0.694. The second kappa shape index (κ2) is 6.79. The molecule has 1 aliphatic heterocycles. The number of hydrogen-bond acceptors (Lipinski definition) is 5. The van der Waals surface area contributed by atoms with Gasteiger partial charge < -0.3 is 18.9 Å². The molecule has 6 heteroatoms. The molecule has 6 nitrogen and oxygen atoms in total. The van der Waals surface area contributed by atoms with Crippen LogP contribution in [0.1, 0.15) is 28.5 Å². The maximum Gasteiger partial charge on any atom is 0.280 e. The zero-order valence-corrected chi connectivity index (χ0v) is 15.5. The summed E-state index contributed by atoms with van der Waals surface area (Å²) < 4.78 is 17.0. The number of anilines is 1. The number of rotatable bonds is 4. The molecular weight excluding hydrogens is 344 g/mol. The van der Waals surface area contributed by atoms with E-state index in [1.165, 1.54) is 4.90 Å². The molecule has 0 unspecified atom stereocenters. The molecule has 2 heterocycles. The molecule has 2 aromatic carbocycles. The average Bonchev–Trinajstić information content (AvgIpc) is 3.12. The van der Waals surface area contributed by atoms with Crippen molar-refractivity contribution in [2.45, 2.75) is 20.5 Å². The molecule has 1 aliphatic rings. The second-order valence-electron chi connectivity index (χ2n) is 6.39. The number of hydrogen-bond donors (Lipinski definition) is 0. The number of fused-ring (bicyclic) bond motifs is 3. The molecule has 0 bridgehead atoms. The monoisotopic (exact) mass is 364 g/mol. The van der Waals surface area contributed by atoms with Crippen LogP contribution in [0.5, 0.6) is 11.5 Å². The van der Waals surface area contributed by atoms with Gasteiger partial charge in [0.25, 0.3) is 5.91 Å². The Bertz CT molecular complexity index is 1010. The predicted molar refractivity (Wildman–Crippen MR) is 101 cm³/mol. The first-order valence-corrected chi connectivity index (χ1v) is 8.82. The summed E-state index contributed by atoms with van der Waals surface area (Å²) in [6.07, 6.45) is 0. The minimum Gasteiger partial charge on any atom is -0.492 e. The molecule has 1 amide bonds. The summed E-state index contributed by atoms with van der Waals surface area (Å²) in [4.78, 5) is 14.6. The number of aromatic nitrogens is 1. The van der Waals surface area contributed by atoms with E-state index in [0.717, 1.165) is 16.9 Å². The zero-order valence-electron chi connectivity index (χ0n) is 15.5. The summed E-state index contributed by atoms with van der Waals surface area (Å²) in [6, 6.07) is 13.3. The van der Waals surface area contributed by atoms with Crippen LogP contribution in [0.25, 0.3) is 11.3 Å². The molecule has 4 rings (SSSR count). The van der Waals surface area contributed by atoms with E-state index in [2.05, 4.69) is 5.16 Å². The van der Waals surface area contributed by atoms with Crippen molar-refractivity contribution in [2.75, 3.05) is 18.6 Å². The van der Waals surface area contributed by atoms with Crippen molar-refractivity contribution >= 4 is 11.6 Å². The molecule has 0 aliphatic carbocycles. The minimum absolute atomic E-state index is 0.247. The van der Waals surface area contributed by atoms with E-state index in [-0.39, 0.29) is 18.2 Å². The van der Waals surface area contributed by atoms with Crippen LogP contribution in [0, 0.1) is 6.92 Å². The first-order valence-electron chi connectivity index (χ1n) is 8.82. The maximum atomic E-state index is 13.1. The molecule has 1 aromatic heterocycles. The summed E-state index contributed by atoms with van der Waals surface area (Å²) in [5.74, 6) is 1.70. The molecular formula is C21H20N2O4. The van der Waals surface area contributed by atoms with Gasteiger partial charge >= 0.3 is 0 Å². The van der Waals surface area contributed by atoms with Gasteiger partial charge in [-0.2, -0.15) is 0 Å². The van der Waals surface area contributed by atoms with E-state index < -0.39 is 0 Å². The van der Waals surface area contributed by atoms with Crippen molar-refractivity contribution in [3.8, 4) is 22.8 Å². The molecule has 3 aromatic rings. The van der Waals surface area contributed by atoms with Gasteiger partial charge in [-0.15, -0.1) is 0 Å². The Morgan fingerprint density at radius 1 is 1.26 bits per heavy atom. The van der Waals surface area contributed by atoms with Crippen molar-refractivity contribution in [2.24, 2.45) is 0 Å². The topological polar surface area (TPSA) is 64.8 Å². The Morgan fingerprint density at radius 3 is 2.89 bits per heavy atom. The van der Waals surface area contributed by atoms with Crippen molar-refractivity contribution in [3.63, 3.8) is 0 Å². The smallest absolute Gasteiger partial charge is 0.280 e. The first-order chi connectivity index (χ1) is 13.1. The van der Waals surface area contributed by atoms with E-state index >= 15 is 0 Å². The molecule has 0 spiro atoms. The second-order valence-corrected chi connectivity index (χ2v) is 6.39. The Labute approximate surface area is 157 Å². The van der Waals surface area contributed by atoms with Gasteiger partial charge in [0.05, 0.1) is 23.4 Å². The van der Waals surface area contributed by atoms with Crippen molar-refractivity contribution in [1.29, 1.82) is 0 Å². The number of carbonyl (C=O) groups is 1. The van der Waals surface area contributed by atoms with Crippen molar-refractivity contribution in [3.05, 3.63) is 59.3 Å². The molecule has 27 heavy (non-hydrogen) atoms. The van der Waals surface area contributed by atoms with Crippen molar-refractivity contribution in [1.82, 2.24) is 5.16 Å². The summed E-state index contributed by atoms with van der Waals surface area (Å²) >= 11 is 0. The zero-order chi connectivity index (χ0) is 19.0. The SMILES string of the molecule is CCOc1ccccc1N(C)C(=O)c1noc2c1COc1ccc(C)cc1-2. The van der Waals surface area contributed by atoms with Gasteiger partial charge in [0.2, 0.25) is 0 Å². The van der Waals surface area contributed by atoms with Crippen LogP contribution in [0.4, 0.5) is 5.69 Å². The molecule has 0 saturated heterocycles. The number of para-hydroxylation sites is 2. The summed E-state index contributed by atoms with van der Waals surface area (Å²) in [6.45, 7) is 4.66. The van der Waals surface area contributed by atoms with E-state index in [9.17, 15) is 4.79 Å². The van der Waals surface area contributed by atoms with Crippen LogP contribution < -0.4 is 14.4 Å². The summed E-state index contributed by atoms with van der Waals surface area (Å²) in [5.41, 5.74) is 3.50. The van der Waals surface area contributed by atoms with Crippen LogP contribution in [0.15, 0.2) is 47.0 Å². The molecule has 0 N–H and O–H groups in total. The van der Waals surface area contributed by atoms with Gasteiger partial charge in [0.15, 0.2) is 11.5 Å². The fourth-order valence-corrected chi connectivity index (χ4v) is 3.20. The molecule has 0 radical (unpaired) electrons. The lowest BCUT2D eigenvalue weighted by molar-refractivity contribution is 0.0981. The molecule has 138 valence electrons. The predicted octanol–water partition coefficient (Wildman–Crippen LogP) is 4.22. The van der Waals surface area contributed by atoms with E-state index in [4.69, 9.17) is 14.0 Å². The van der Waals surface area contributed by atoms with E-state index in [0.29, 0.717) is 29.4 Å². The average molecular weight is 364 g/mol. The van der Waals surface area contributed by atoms with Gasteiger partial charge in [0.1, 0.15) is 18.1 Å². The number of aryl methyl sites for hydroxylation is 1. The highest BCUT2D eigenvalue weighted by molar-refractivity contribution is 6.07. The van der Waals surface area contributed by atoms with Crippen LogP contribution in [-0.4, -0.2) is 24.7 Å². The largest absolute Gasteiger partial charge is 0.492 e. The summed E-state index contributed by atoms with van der Waals surface area (Å²) in [7, 11) is 1.70. The lowest BCUT2D eigenvalue weighted by atomic mass is 10.0. The highest BCUT2D eigenvalue weighted by atomic mass is 16.5. The van der Waals surface area contributed by atoms with Gasteiger partial charge in [0, 0.05) is 7.05 Å². The van der Waals surface area contributed by atoms with Gasteiger partial charge in [-0.05, 0) is 38.1 Å². The lowest BCUT2D eigenvalue weighted by Gasteiger charge is -2.21. The Balaban J connectivity index is 1.71. The number of benzene rings is 2. The first kappa shape index (κ1) is 17.1. The Hall–Kier alpha value is -3.28. The third-order valence-electron chi connectivity index (χ3n) is 4.57. The summed E-state index contributed by atoms with van der Waals surface area (Å²) in [5, 5.41) is 4.06. The van der Waals surface area contributed by atoms with E-state index in [1.54, 1.807) is 7.05 Å². The van der Waals surface area contributed by atoms with Crippen LogP contribution in [0.2, 0.25) is 0 Å². The number of carbonyl (C=O) groups excluding carboxylic acids is 1. The fraction of sp³-hybridized carbons (Fsp3) is 0.238.